The van der Waals surface area contributed by atoms with Crippen LogP contribution in [-0.4, -0.2) is 60.0 Å². The maximum Gasteiger partial charge on any atom is 0.273 e. The Labute approximate surface area is 124 Å². The van der Waals surface area contributed by atoms with Crippen LogP contribution in [0.15, 0.2) is 0 Å². The molecule has 0 aromatic carbocycles. The van der Waals surface area contributed by atoms with E-state index in [1.54, 1.807) is 11.7 Å². The summed E-state index contributed by atoms with van der Waals surface area (Å²) in [7, 11) is 1.77. The SMILES string of the molecule is Cc1c(Cl)c(C(=O)NCCCN2CCOCC2)nn1C. The first-order valence-electron chi connectivity index (χ1n) is 6.87. The van der Waals surface area contributed by atoms with Crippen LogP contribution in [0.25, 0.3) is 0 Å². The number of amides is 1. The second-order valence-corrected chi connectivity index (χ2v) is 5.31. The van der Waals surface area contributed by atoms with E-state index in [1.165, 1.54) is 0 Å². The monoisotopic (exact) mass is 300 g/mol. The molecule has 0 unspecified atom stereocenters. The van der Waals surface area contributed by atoms with Crippen LogP contribution in [-0.2, 0) is 11.8 Å². The molecule has 2 rings (SSSR count). The smallest absolute Gasteiger partial charge is 0.273 e. The lowest BCUT2D eigenvalue weighted by atomic mass is 10.3. The van der Waals surface area contributed by atoms with Crippen LogP contribution in [0.1, 0.15) is 22.6 Å². The Balaban J connectivity index is 1.73. The molecule has 0 atom stereocenters. The molecule has 7 heteroatoms. The molecule has 1 saturated heterocycles. The van der Waals surface area contributed by atoms with Crippen molar-refractivity contribution in [1.29, 1.82) is 0 Å². The summed E-state index contributed by atoms with van der Waals surface area (Å²) in [6, 6.07) is 0. The summed E-state index contributed by atoms with van der Waals surface area (Å²) in [5, 5.41) is 7.42. The van der Waals surface area contributed by atoms with E-state index >= 15 is 0 Å². The molecule has 2 heterocycles. The van der Waals surface area contributed by atoms with Gasteiger partial charge in [-0.2, -0.15) is 5.10 Å². The number of carbonyl (C=O) groups is 1. The highest BCUT2D eigenvalue weighted by molar-refractivity contribution is 6.34. The molecular weight excluding hydrogens is 280 g/mol. The molecule has 1 aromatic heterocycles. The molecule has 1 aromatic rings. The molecule has 1 fully saturated rings. The lowest BCUT2D eigenvalue weighted by molar-refractivity contribution is 0.0374. The number of ether oxygens (including phenoxy) is 1. The van der Waals surface area contributed by atoms with Gasteiger partial charge in [0, 0.05) is 26.7 Å². The Kier molecular flexibility index (Phi) is 5.39. The van der Waals surface area contributed by atoms with Crippen LogP contribution in [0.2, 0.25) is 5.02 Å². The van der Waals surface area contributed by atoms with E-state index in [9.17, 15) is 4.79 Å². The standard InChI is InChI=1S/C13H21ClN4O2/c1-10-11(14)12(16-17(10)2)13(19)15-4-3-5-18-6-8-20-9-7-18/h3-9H2,1-2H3,(H,15,19). The summed E-state index contributed by atoms with van der Waals surface area (Å²) in [6.07, 6.45) is 0.912. The highest BCUT2D eigenvalue weighted by Crippen LogP contribution is 2.18. The van der Waals surface area contributed by atoms with Gasteiger partial charge in [0.15, 0.2) is 5.69 Å². The van der Waals surface area contributed by atoms with Gasteiger partial charge < -0.3 is 10.1 Å². The lowest BCUT2D eigenvalue weighted by Gasteiger charge is -2.26. The normalized spacial score (nSPS) is 16.4. The first-order chi connectivity index (χ1) is 9.59. The summed E-state index contributed by atoms with van der Waals surface area (Å²) in [5.41, 5.74) is 1.10. The van der Waals surface area contributed by atoms with Gasteiger partial charge >= 0.3 is 0 Å². The van der Waals surface area contributed by atoms with E-state index in [1.807, 2.05) is 6.92 Å². The van der Waals surface area contributed by atoms with Gasteiger partial charge in [-0.25, -0.2) is 0 Å². The number of nitrogens with zero attached hydrogens (tertiary/aromatic N) is 3. The first-order valence-corrected chi connectivity index (χ1v) is 7.25. The van der Waals surface area contributed by atoms with Gasteiger partial charge in [-0.3, -0.25) is 14.4 Å². The number of rotatable bonds is 5. The average Bonchev–Trinajstić information content (AvgIpc) is 2.72. The second-order valence-electron chi connectivity index (χ2n) is 4.94. The molecule has 0 spiro atoms. The van der Waals surface area contributed by atoms with E-state index < -0.39 is 0 Å². The van der Waals surface area contributed by atoms with Gasteiger partial charge in [-0.05, 0) is 19.9 Å². The predicted octanol–water partition coefficient (Wildman–Crippen LogP) is 0.834. The quantitative estimate of drug-likeness (QED) is 0.819. The summed E-state index contributed by atoms with van der Waals surface area (Å²) in [5.74, 6) is -0.208. The molecule has 1 amide bonds. The van der Waals surface area contributed by atoms with Crippen molar-refractivity contribution in [2.45, 2.75) is 13.3 Å². The summed E-state index contributed by atoms with van der Waals surface area (Å²) in [6.45, 7) is 6.98. The molecule has 1 aliphatic rings. The van der Waals surface area contributed by atoms with Crippen molar-refractivity contribution in [2.75, 3.05) is 39.4 Å². The second kappa shape index (κ2) is 7.06. The van der Waals surface area contributed by atoms with Crippen LogP contribution in [0.3, 0.4) is 0 Å². The number of carbonyl (C=O) groups excluding carboxylic acids is 1. The van der Waals surface area contributed by atoms with Crippen molar-refractivity contribution >= 4 is 17.5 Å². The Morgan fingerprint density at radius 2 is 2.15 bits per heavy atom. The van der Waals surface area contributed by atoms with Gasteiger partial charge in [0.25, 0.3) is 5.91 Å². The van der Waals surface area contributed by atoms with Crippen molar-refractivity contribution in [3.63, 3.8) is 0 Å². The fraction of sp³-hybridized carbons (Fsp3) is 0.692. The van der Waals surface area contributed by atoms with Gasteiger partial charge in [-0.1, -0.05) is 11.6 Å². The lowest BCUT2D eigenvalue weighted by Crippen LogP contribution is -2.38. The van der Waals surface area contributed by atoms with E-state index in [4.69, 9.17) is 16.3 Å². The number of hydrogen-bond donors (Lipinski definition) is 1. The maximum atomic E-state index is 12.0. The van der Waals surface area contributed by atoms with Crippen LogP contribution in [0, 0.1) is 6.92 Å². The number of halogens is 1. The fourth-order valence-corrected chi connectivity index (χ4v) is 2.39. The maximum absolute atomic E-state index is 12.0. The molecule has 6 nitrogen and oxygen atoms in total. The minimum absolute atomic E-state index is 0.208. The molecule has 112 valence electrons. The van der Waals surface area contributed by atoms with Crippen molar-refractivity contribution in [1.82, 2.24) is 20.0 Å². The fourth-order valence-electron chi connectivity index (χ4n) is 2.14. The Hall–Kier alpha value is -1.11. The van der Waals surface area contributed by atoms with Gasteiger partial charge in [0.2, 0.25) is 0 Å². The third-order valence-corrected chi connectivity index (χ3v) is 3.97. The molecule has 20 heavy (non-hydrogen) atoms. The summed E-state index contributed by atoms with van der Waals surface area (Å²) < 4.78 is 6.91. The minimum atomic E-state index is -0.208. The molecular formula is C13H21ClN4O2. The van der Waals surface area contributed by atoms with Crippen LogP contribution >= 0.6 is 11.6 Å². The number of nitrogens with one attached hydrogen (secondary N) is 1. The molecule has 0 aliphatic carbocycles. The first kappa shape index (κ1) is 15.3. The third-order valence-electron chi connectivity index (χ3n) is 3.52. The minimum Gasteiger partial charge on any atom is -0.379 e. The van der Waals surface area contributed by atoms with Crippen molar-refractivity contribution in [3.8, 4) is 0 Å². The van der Waals surface area contributed by atoms with Crippen LogP contribution in [0.5, 0.6) is 0 Å². The highest BCUT2D eigenvalue weighted by Gasteiger charge is 2.17. The van der Waals surface area contributed by atoms with Crippen molar-refractivity contribution in [2.24, 2.45) is 7.05 Å². The number of aromatic nitrogens is 2. The molecule has 0 radical (unpaired) electrons. The van der Waals surface area contributed by atoms with E-state index in [0.29, 0.717) is 17.3 Å². The van der Waals surface area contributed by atoms with E-state index in [0.717, 1.165) is 45.0 Å². The van der Waals surface area contributed by atoms with Crippen molar-refractivity contribution < 1.29 is 9.53 Å². The average molecular weight is 301 g/mol. The van der Waals surface area contributed by atoms with Gasteiger partial charge in [0.05, 0.1) is 23.9 Å². The Bertz CT molecular complexity index is 469. The molecule has 0 bridgehead atoms. The third kappa shape index (κ3) is 3.71. The van der Waals surface area contributed by atoms with Gasteiger partial charge in [-0.15, -0.1) is 0 Å². The highest BCUT2D eigenvalue weighted by atomic mass is 35.5. The molecule has 0 saturated carbocycles. The zero-order valence-electron chi connectivity index (χ0n) is 12.0. The molecule has 1 aliphatic heterocycles. The summed E-state index contributed by atoms with van der Waals surface area (Å²) in [4.78, 5) is 14.3. The zero-order valence-corrected chi connectivity index (χ0v) is 12.7. The van der Waals surface area contributed by atoms with E-state index in [-0.39, 0.29) is 5.91 Å². The zero-order chi connectivity index (χ0) is 14.5. The number of hydrogen-bond acceptors (Lipinski definition) is 4. The predicted molar refractivity (Wildman–Crippen MR) is 77.2 cm³/mol. The summed E-state index contributed by atoms with van der Waals surface area (Å²) >= 11 is 6.08. The van der Waals surface area contributed by atoms with Crippen molar-refractivity contribution in [3.05, 3.63) is 16.4 Å². The molecule has 1 N–H and O–H groups in total. The van der Waals surface area contributed by atoms with Crippen LogP contribution < -0.4 is 5.32 Å². The van der Waals surface area contributed by atoms with Gasteiger partial charge in [0.1, 0.15) is 0 Å². The Morgan fingerprint density at radius 3 is 2.75 bits per heavy atom. The van der Waals surface area contributed by atoms with E-state index in [2.05, 4.69) is 15.3 Å². The Morgan fingerprint density at radius 1 is 1.45 bits per heavy atom. The topological polar surface area (TPSA) is 59.4 Å². The largest absolute Gasteiger partial charge is 0.379 e. The van der Waals surface area contributed by atoms with Crippen LogP contribution in [0.4, 0.5) is 0 Å². The number of aryl methyl sites for hydroxylation is 1. The number of morpholine rings is 1.